The van der Waals surface area contributed by atoms with Crippen molar-refractivity contribution >= 4 is 29.8 Å². The lowest BCUT2D eigenvalue weighted by molar-refractivity contribution is -0.251. The lowest BCUT2D eigenvalue weighted by Gasteiger charge is -2.44. The maximum Gasteiger partial charge on any atom is 0.342 e. The smallest absolute Gasteiger partial charge is 0.342 e. The molecule has 1 heterocycles. The Morgan fingerprint density at radius 1 is 0.971 bits per heavy atom. The fraction of sp³-hybridized carbons (Fsp3) is 0.542. The monoisotopic (exact) mass is 493 g/mol. The SMILES string of the molecule is CCCC(=O)N[C@H]1C(OC(C)=O)O[C@H](COC(=O)c2ccccc2OC(C)=O)[C@@H](C)[C@@H]1OC(C)=O. The molecule has 0 radical (unpaired) electrons. The van der Waals surface area contributed by atoms with Gasteiger partial charge in [0.1, 0.15) is 36.2 Å². The molecule has 0 saturated carbocycles. The molecular formula is C24H31NO10. The van der Waals surface area contributed by atoms with Gasteiger partial charge in [-0.15, -0.1) is 0 Å². The predicted molar refractivity (Wildman–Crippen MR) is 120 cm³/mol. The zero-order chi connectivity index (χ0) is 26.1. The Morgan fingerprint density at radius 3 is 2.23 bits per heavy atom. The molecule has 1 amide bonds. The maximum absolute atomic E-state index is 12.7. The zero-order valence-corrected chi connectivity index (χ0v) is 20.4. The van der Waals surface area contributed by atoms with E-state index in [0.29, 0.717) is 6.42 Å². The second-order valence-electron chi connectivity index (χ2n) is 8.12. The summed E-state index contributed by atoms with van der Waals surface area (Å²) in [6, 6.07) is 5.11. The van der Waals surface area contributed by atoms with Crippen molar-refractivity contribution in [3.63, 3.8) is 0 Å². The first-order chi connectivity index (χ1) is 16.5. The van der Waals surface area contributed by atoms with Gasteiger partial charge in [0.2, 0.25) is 12.2 Å². The molecule has 1 fully saturated rings. The first kappa shape index (κ1) is 27.8. The summed E-state index contributed by atoms with van der Waals surface area (Å²) in [7, 11) is 0. The molecule has 1 saturated heterocycles. The molecule has 0 bridgehead atoms. The minimum atomic E-state index is -1.29. The van der Waals surface area contributed by atoms with Gasteiger partial charge >= 0.3 is 23.9 Å². The van der Waals surface area contributed by atoms with E-state index in [-0.39, 0.29) is 30.2 Å². The summed E-state index contributed by atoms with van der Waals surface area (Å²) in [4.78, 5) is 59.8. The molecule has 1 aromatic rings. The number of nitrogens with one attached hydrogen (secondary N) is 1. The van der Waals surface area contributed by atoms with E-state index in [2.05, 4.69) is 5.32 Å². The summed E-state index contributed by atoms with van der Waals surface area (Å²) in [5.41, 5.74) is 0.0314. The molecule has 1 aromatic carbocycles. The van der Waals surface area contributed by atoms with Crippen LogP contribution in [0.3, 0.4) is 0 Å². The van der Waals surface area contributed by atoms with E-state index in [9.17, 15) is 24.0 Å². The third-order valence-electron chi connectivity index (χ3n) is 5.19. The summed E-state index contributed by atoms with van der Waals surface area (Å²) < 4.78 is 27.1. The van der Waals surface area contributed by atoms with Crippen molar-refractivity contribution in [3.05, 3.63) is 29.8 Å². The maximum atomic E-state index is 12.7. The molecule has 11 nitrogen and oxygen atoms in total. The average Bonchev–Trinajstić information content (AvgIpc) is 2.76. The van der Waals surface area contributed by atoms with Crippen LogP contribution in [0.5, 0.6) is 5.75 Å². The van der Waals surface area contributed by atoms with E-state index in [4.69, 9.17) is 23.7 Å². The number of ether oxygens (including phenoxy) is 5. The van der Waals surface area contributed by atoms with Crippen molar-refractivity contribution in [1.82, 2.24) is 5.32 Å². The lowest BCUT2D eigenvalue weighted by atomic mass is 9.89. The van der Waals surface area contributed by atoms with Crippen LogP contribution in [0.1, 0.15) is 57.8 Å². The second-order valence-corrected chi connectivity index (χ2v) is 8.12. The van der Waals surface area contributed by atoms with Crippen LogP contribution in [-0.2, 0) is 38.1 Å². The van der Waals surface area contributed by atoms with Crippen molar-refractivity contribution in [2.75, 3.05) is 6.61 Å². The average molecular weight is 494 g/mol. The Labute approximate surface area is 203 Å². The molecule has 1 aliphatic heterocycles. The van der Waals surface area contributed by atoms with E-state index in [1.54, 1.807) is 19.1 Å². The van der Waals surface area contributed by atoms with Crippen LogP contribution < -0.4 is 10.1 Å². The fourth-order valence-electron chi connectivity index (χ4n) is 3.65. The van der Waals surface area contributed by atoms with Crippen molar-refractivity contribution < 1.29 is 47.7 Å². The third kappa shape index (κ3) is 8.06. The van der Waals surface area contributed by atoms with Crippen LogP contribution in [0.4, 0.5) is 0 Å². The molecule has 0 aliphatic carbocycles. The number of carbonyl (C=O) groups excluding carboxylic acids is 5. The minimum Gasteiger partial charge on any atom is -0.460 e. The first-order valence-electron chi connectivity index (χ1n) is 11.3. The van der Waals surface area contributed by atoms with Crippen LogP contribution >= 0.6 is 0 Å². The topological polar surface area (TPSA) is 144 Å². The molecule has 2 rings (SSSR count). The number of para-hydroxylation sites is 1. The number of benzene rings is 1. The van der Waals surface area contributed by atoms with E-state index in [1.807, 2.05) is 6.92 Å². The third-order valence-corrected chi connectivity index (χ3v) is 5.19. The molecule has 1 aliphatic rings. The Bertz CT molecular complexity index is 946. The van der Waals surface area contributed by atoms with Crippen molar-refractivity contribution in [2.45, 2.75) is 72.0 Å². The van der Waals surface area contributed by atoms with Gasteiger partial charge in [-0.3, -0.25) is 19.2 Å². The quantitative estimate of drug-likeness (QED) is 0.308. The van der Waals surface area contributed by atoms with Crippen LogP contribution in [0, 0.1) is 5.92 Å². The molecule has 35 heavy (non-hydrogen) atoms. The van der Waals surface area contributed by atoms with Crippen molar-refractivity contribution in [3.8, 4) is 5.75 Å². The normalized spacial score (nSPS) is 23.5. The first-order valence-corrected chi connectivity index (χ1v) is 11.3. The van der Waals surface area contributed by atoms with Gasteiger partial charge in [-0.05, 0) is 18.6 Å². The molecule has 1 unspecified atom stereocenters. The molecule has 5 atom stereocenters. The van der Waals surface area contributed by atoms with Crippen LogP contribution in [0.2, 0.25) is 0 Å². The van der Waals surface area contributed by atoms with E-state index < -0.39 is 54.3 Å². The Morgan fingerprint density at radius 2 is 1.63 bits per heavy atom. The second kappa shape index (κ2) is 12.8. The molecule has 11 heteroatoms. The molecule has 192 valence electrons. The summed E-state index contributed by atoms with van der Waals surface area (Å²) in [5.74, 6) is -3.50. The molecule has 1 N–H and O–H groups in total. The molecule has 0 aromatic heterocycles. The summed E-state index contributed by atoms with van der Waals surface area (Å²) in [6.45, 7) is 6.83. The number of esters is 4. The van der Waals surface area contributed by atoms with Crippen molar-refractivity contribution in [1.29, 1.82) is 0 Å². The van der Waals surface area contributed by atoms with Gasteiger partial charge in [-0.25, -0.2) is 4.79 Å². The van der Waals surface area contributed by atoms with E-state index in [1.165, 1.54) is 32.9 Å². The number of hydrogen-bond acceptors (Lipinski definition) is 10. The van der Waals surface area contributed by atoms with Crippen molar-refractivity contribution in [2.24, 2.45) is 5.92 Å². The van der Waals surface area contributed by atoms with Crippen LogP contribution in [0.15, 0.2) is 24.3 Å². The van der Waals surface area contributed by atoms with Gasteiger partial charge in [0.25, 0.3) is 0 Å². The zero-order valence-electron chi connectivity index (χ0n) is 20.4. The van der Waals surface area contributed by atoms with E-state index >= 15 is 0 Å². The number of carbonyl (C=O) groups is 5. The number of rotatable bonds is 9. The van der Waals surface area contributed by atoms with Gasteiger partial charge in [-0.2, -0.15) is 0 Å². The molecular weight excluding hydrogens is 462 g/mol. The highest BCUT2D eigenvalue weighted by atomic mass is 16.7. The fourth-order valence-corrected chi connectivity index (χ4v) is 3.65. The Balaban J connectivity index is 2.24. The van der Waals surface area contributed by atoms with Gasteiger partial charge in [-0.1, -0.05) is 26.0 Å². The van der Waals surface area contributed by atoms with Gasteiger partial charge < -0.3 is 29.0 Å². The molecule has 0 spiro atoms. The van der Waals surface area contributed by atoms with Crippen LogP contribution in [-0.4, -0.2) is 60.9 Å². The number of amides is 1. The van der Waals surface area contributed by atoms with Crippen LogP contribution in [0.25, 0.3) is 0 Å². The highest BCUT2D eigenvalue weighted by molar-refractivity contribution is 5.93. The summed E-state index contributed by atoms with van der Waals surface area (Å²) >= 11 is 0. The number of hydrogen-bond donors (Lipinski definition) is 1. The Kier molecular flexibility index (Phi) is 10.2. The standard InChI is InChI=1S/C24H31NO10/c1-6-9-20(29)25-21-22(33-15(4)27)13(2)19(35-24(21)34-16(5)28)12-31-23(30)17-10-7-8-11-18(17)32-14(3)26/h7-8,10-11,13,19,21-22,24H,6,9,12H2,1-5H3,(H,25,29)/t13-,19-,21-,22+,24?/m1/s1. The van der Waals surface area contributed by atoms with E-state index in [0.717, 1.165) is 0 Å². The van der Waals surface area contributed by atoms with Gasteiger partial charge in [0.15, 0.2) is 0 Å². The summed E-state index contributed by atoms with van der Waals surface area (Å²) in [5, 5.41) is 2.72. The Hall–Kier alpha value is -3.47. The predicted octanol–water partition coefficient (Wildman–Crippen LogP) is 1.91. The highest BCUT2D eigenvalue weighted by Crippen LogP contribution is 2.30. The van der Waals surface area contributed by atoms with Gasteiger partial charge in [0, 0.05) is 33.1 Å². The van der Waals surface area contributed by atoms with Gasteiger partial charge in [0.05, 0.1) is 0 Å². The largest absolute Gasteiger partial charge is 0.460 e. The minimum absolute atomic E-state index is 0.0314. The summed E-state index contributed by atoms with van der Waals surface area (Å²) in [6.07, 6.45) is -2.27. The lowest BCUT2D eigenvalue weighted by Crippen LogP contribution is -2.63. The highest BCUT2D eigenvalue weighted by Gasteiger charge is 2.48.